The predicted molar refractivity (Wildman–Crippen MR) is 94.3 cm³/mol. The Morgan fingerprint density at radius 2 is 1.96 bits per heavy atom. The molecule has 0 saturated carbocycles. The van der Waals surface area contributed by atoms with E-state index in [4.69, 9.17) is 4.74 Å². The van der Waals surface area contributed by atoms with Crippen LogP contribution in [0, 0.1) is 18.8 Å². The Morgan fingerprint density at radius 1 is 1.21 bits per heavy atom. The van der Waals surface area contributed by atoms with E-state index < -0.39 is 0 Å². The van der Waals surface area contributed by atoms with Crippen molar-refractivity contribution in [2.75, 3.05) is 57.4 Å². The minimum Gasteiger partial charge on any atom is -0.396 e. The maximum Gasteiger partial charge on any atom is 0.132 e. The lowest BCUT2D eigenvalue weighted by Gasteiger charge is -2.30. The molecule has 2 saturated heterocycles. The van der Waals surface area contributed by atoms with E-state index in [1.54, 1.807) is 0 Å². The van der Waals surface area contributed by atoms with Gasteiger partial charge in [-0.2, -0.15) is 0 Å². The number of nitrogens with zero attached hydrogens (tertiary/aromatic N) is 4. The Kier molecular flexibility index (Phi) is 6.03. The second-order valence-electron chi connectivity index (χ2n) is 7.04. The number of aromatic nitrogens is 2. The van der Waals surface area contributed by atoms with Crippen molar-refractivity contribution in [2.45, 2.75) is 26.7 Å². The number of aryl methyl sites for hydroxylation is 2. The Bertz CT molecular complexity index is 534. The van der Waals surface area contributed by atoms with Crippen molar-refractivity contribution >= 4 is 5.82 Å². The second-order valence-corrected chi connectivity index (χ2v) is 7.04. The standard InChI is InChI=1S/C18H30N4O2/c1-3-4-17-9-18(20-14(2)19-17)22-11-15(16(12-22)13-23)10-21-5-7-24-8-6-21/h9,15-16,23H,3-8,10-13H2,1-2H3/t15-,16-/m1/s1. The van der Waals surface area contributed by atoms with Gasteiger partial charge in [0.2, 0.25) is 0 Å². The summed E-state index contributed by atoms with van der Waals surface area (Å²) in [5.41, 5.74) is 1.12. The first-order chi connectivity index (χ1) is 11.7. The van der Waals surface area contributed by atoms with Crippen LogP contribution in [0.4, 0.5) is 5.82 Å². The Hall–Kier alpha value is -1.24. The number of morpholine rings is 1. The van der Waals surface area contributed by atoms with Gasteiger partial charge in [0.1, 0.15) is 11.6 Å². The molecule has 0 unspecified atom stereocenters. The minimum absolute atomic E-state index is 0.247. The highest BCUT2D eigenvalue weighted by molar-refractivity contribution is 5.41. The fourth-order valence-corrected chi connectivity index (χ4v) is 3.81. The van der Waals surface area contributed by atoms with E-state index in [0.29, 0.717) is 11.8 Å². The zero-order valence-corrected chi connectivity index (χ0v) is 14.9. The molecule has 1 N–H and O–H groups in total. The molecule has 6 heteroatoms. The summed E-state index contributed by atoms with van der Waals surface area (Å²) >= 11 is 0. The zero-order valence-electron chi connectivity index (χ0n) is 14.9. The third-order valence-electron chi connectivity index (χ3n) is 5.11. The lowest BCUT2D eigenvalue weighted by molar-refractivity contribution is 0.0268. The maximum absolute atomic E-state index is 9.82. The van der Waals surface area contributed by atoms with Crippen molar-refractivity contribution in [3.05, 3.63) is 17.6 Å². The van der Waals surface area contributed by atoms with Crippen LogP contribution >= 0.6 is 0 Å². The highest BCUT2D eigenvalue weighted by Gasteiger charge is 2.34. The number of aliphatic hydroxyl groups is 1. The van der Waals surface area contributed by atoms with E-state index in [-0.39, 0.29) is 6.61 Å². The van der Waals surface area contributed by atoms with Crippen LogP contribution in [0.25, 0.3) is 0 Å². The zero-order chi connectivity index (χ0) is 16.9. The summed E-state index contributed by atoms with van der Waals surface area (Å²) in [5.74, 6) is 2.66. The lowest BCUT2D eigenvalue weighted by atomic mass is 9.96. The van der Waals surface area contributed by atoms with Gasteiger partial charge in [0.15, 0.2) is 0 Å². The molecule has 2 aliphatic heterocycles. The molecule has 2 aliphatic rings. The van der Waals surface area contributed by atoms with Crippen molar-refractivity contribution in [3.8, 4) is 0 Å². The fraction of sp³-hybridized carbons (Fsp3) is 0.778. The van der Waals surface area contributed by atoms with Gasteiger partial charge in [0.25, 0.3) is 0 Å². The normalized spacial score (nSPS) is 25.4. The summed E-state index contributed by atoms with van der Waals surface area (Å²) in [6.07, 6.45) is 2.08. The number of aliphatic hydroxyl groups excluding tert-OH is 1. The van der Waals surface area contributed by atoms with E-state index in [1.807, 2.05) is 6.92 Å². The van der Waals surface area contributed by atoms with E-state index in [9.17, 15) is 5.11 Å². The quantitative estimate of drug-likeness (QED) is 0.841. The highest BCUT2D eigenvalue weighted by atomic mass is 16.5. The van der Waals surface area contributed by atoms with Crippen LogP contribution < -0.4 is 4.90 Å². The van der Waals surface area contributed by atoms with Crippen LogP contribution in [0.3, 0.4) is 0 Å². The molecule has 1 aromatic heterocycles. The van der Waals surface area contributed by atoms with Crippen LogP contribution in [0.2, 0.25) is 0 Å². The Labute approximate surface area is 144 Å². The van der Waals surface area contributed by atoms with E-state index in [2.05, 4.69) is 32.8 Å². The SMILES string of the molecule is CCCc1cc(N2C[C@@H](CN3CCOCC3)[C@@H](CO)C2)nc(C)n1. The largest absolute Gasteiger partial charge is 0.396 e. The van der Waals surface area contributed by atoms with Crippen LogP contribution in [0.5, 0.6) is 0 Å². The number of hydrogen-bond acceptors (Lipinski definition) is 6. The Morgan fingerprint density at radius 3 is 2.67 bits per heavy atom. The summed E-state index contributed by atoms with van der Waals surface area (Å²) in [6, 6.07) is 2.13. The molecule has 6 nitrogen and oxygen atoms in total. The van der Waals surface area contributed by atoms with Crippen LogP contribution in [-0.2, 0) is 11.2 Å². The molecule has 0 radical (unpaired) electrons. The molecule has 1 aromatic rings. The van der Waals surface area contributed by atoms with Crippen molar-refractivity contribution < 1.29 is 9.84 Å². The van der Waals surface area contributed by atoms with E-state index in [1.165, 1.54) is 0 Å². The average molecular weight is 334 g/mol. The van der Waals surface area contributed by atoms with Gasteiger partial charge in [0.05, 0.1) is 13.2 Å². The first-order valence-corrected chi connectivity index (χ1v) is 9.20. The molecule has 0 bridgehead atoms. The van der Waals surface area contributed by atoms with Gasteiger partial charge >= 0.3 is 0 Å². The molecule has 0 aliphatic carbocycles. The van der Waals surface area contributed by atoms with Crippen LogP contribution in [0.15, 0.2) is 6.07 Å². The molecule has 2 fully saturated rings. The van der Waals surface area contributed by atoms with E-state index >= 15 is 0 Å². The molecular formula is C18H30N4O2. The van der Waals surface area contributed by atoms with Crippen LogP contribution in [-0.4, -0.2) is 72.5 Å². The van der Waals surface area contributed by atoms with Gasteiger partial charge in [-0.3, -0.25) is 4.90 Å². The van der Waals surface area contributed by atoms with Gasteiger partial charge in [-0.25, -0.2) is 9.97 Å². The maximum atomic E-state index is 9.82. The minimum atomic E-state index is 0.247. The third kappa shape index (κ3) is 4.23. The summed E-state index contributed by atoms with van der Waals surface area (Å²) < 4.78 is 5.44. The summed E-state index contributed by atoms with van der Waals surface area (Å²) in [4.78, 5) is 14.0. The smallest absolute Gasteiger partial charge is 0.132 e. The number of anilines is 1. The first kappa shape index (κ1) is 17.6. The average Bonchev–Trinajstić information content (AvgIpc) is 2.98. The predicted octanol–water partition coefficient (Wildman–Crippen LogP) is 1.11. The summed E-state index contributed by atoms with van der Waals surface area (Å²) in [5, 5.41) is 9.82. The molecular weight excluding hydrogens is 304 g/mol. The Balaban J connectivity index is 1.68. The number of hydrogen-bond donors (Lipinski definition) is 1. The van der Waals surface area contributed by atoms with Crippen LogP contribution in [0.1, 0.15) is 24.9 Å². The van der Waals surface area contributed by atoms with Gasteiger partial charge in [-0.1, -0.05) is 13.3 Å². The molecule has 3 heterocycles. The first-order valence-electron chi connectivity index (χ1n) is 9.20. The fourth-order valence-electron chi connectivity index (χ4n) is 3.81. The van der Waals surface area contributed by atoms with E-state index in [0.717, 1.165) is 76.1 Å². The van der Waals surface area contributed by atoms with Gasteiger partial charge in [-0.15, -0.1) is 0 Å². The number of ether oxygens (including phenoxy) is 1. The molecule has 0 aromatic carbocycles. The van der Waals surface area contributed by atoms with Crippen molar-refractivity contribution in [1.29, 1.82) is 0 Å². The summed E-state index contributed by atoms with van der Waals surface area (Å²) in [7, 11) is 0. The second kappa shape index (κ2) is 8.23. The van der Waals surface area contributed by atoms with Crippen molar-refractivity contribution in [3.63, 3.8) is 0 Å². The van der Waals surface area contributed by atoms with Crippen molar-refractivity contribution in [1.82, 2.24) is 14.9 Å². The lowest BCUT2D eigenvalue weighted by Crippen LogP contribution is -2.41. The molecule has 2 atom stereocenters. The molecule has 0 spiro atoms. The third-order valence-corrected chi connectivity index (χ3v) is 5.11. The molecule has 3 rings (SSSR count). The van der Waals surface area contributed by atoms with Gasteiger partial charge < -0.3 is 14.7 Å². The number of rotatable bonds is 6. The summed E-state index contributed by atoms with van der Waals surface area (Å²) in [6.45, 7) is 10.9. The highest BCUT2D eigenvalue weighted by Crippen LogP contribution is 2.28. The molecule has 134 valence electrons. The topological polar surface area (TPSA) is 61.7 Å². The van der Waals surface area contributed by atoms with Gasteiger partial charge in [0, 0.05) is 57.0 Å². The molecule has 0 amide bonds. The van der Waals surface area contributed by atoms with Crippen molar-refractivity contribution in [2.24, 2.45) is 11.8 Å². The monoisotopic (exact) mass is 334 g/mol. The molecule has 24 heavy (non-hydrogen) atoms. The van der Waals surface area contributed by atoms with Gasteiger partial charge in [-0.05, 0) is 19.3 Å².